The van der Waals surface area contributed by atoms with E-state index < -0.39 is 0 Å². The first-order valence-corrected chi connectivity index (χ1v) is 10.3. The van der Waals surface area contributed by atoms with Crippen LogP contribution >= 0.6 is 0 Å². The zero-order chi connectivity index (χ0) is 17.2. The summed E-state index contributed by atoms with van der Waals surface area (Å²) >= 11 is 0. The van der Waals surface area contributed by atoms with Crippen molar-refractivity contribution in [2.45, 2.75) is 129 Å². The first kappa shape index (κ1) is 22.6. The number of aliphatic hydroxyl groups is 1. The van der Waals surface area contributed by atoms with E-state index in [0.717, 1.165) is 38.5 Å². The maximum atomic E-state index is 10.8. The molecular formula is C21H42O2. The Bertz CT molecular complexity index is 250. The van der Waals surface area contributed by atoms with Crippen LogP contribution in [0.2, 0.25) is 0 Å². The lowest BCUT2D eigenvalue weighted by atomic mass is 10.0. The van der Waals surface area contributed by atoms with E-state index >= 15 is 0 Å². The summed E-state index contributed by atoms with van der Waals surface area (Å²) in [6.07, 6.45) is 20.5. The van der Waals surface area contributed by atoms with Crippen LogP contribution < -0.4 is 0 Å². The zero-order valence-electron chi connectivity index (χ0n) is 16.0. The van der Waals surface area contributed by atoms with Gasteiger partial charge in [0, 0.05) is 6.42 Å². The molecule has 0 aromatic carbocycles. The Kier molecular flexibility index (Phi) is 17.7. The van der Waals surface area contributed by atoms with Crippen molar-refractivity contribution in [1.29, 1.82) is 0 Å². The molecule has 0 aromatic heterocycles. The second kappa shape index (κ2) is 18.0. The molecule has 0 bridgehead atoms. The quantitative estimate of drug-likeness (QED) is 0.288. The van der Waals surface area contributed by atoms with Crippen molar-refractivity contribution in [2.24, 2.45) is 0 Å². The van der Waals surface area contributed by atoms with Crippen LogP contribution in [0.3, 0.4) is 0 Å². The lowest BCUT2D eigenvalue weighted by Crippen LogP contribution is -2.05. The Labute approximate surface area is 145 Å². The lowest BCUT2D eigenvalue weighted by molar-refractivity contribution is -0.117. The minimum Gasteiger partial charge on any atom is -0.393 e. The third kappa shape index (κ3) is 19.6. The average molecular weight is 327 g/mol. The molecule has 23 heavy (non-hydrogen) atoms. The van der Waals surface area contributed by atoms with Crippen LogP contribution in [0.5, 0.6) is 0 Å². The molecule has 0 saturated heterocycles. The first-order valence-electron chi connectivity index (χ1n) is 10.3. The molecule has 0 saturated carbocycles. The molecule has 1 unspecified atom stereocenters. The predicted molar refractivity (Wildman–Crippen MR) is 101 cm³/mol. The van der Waals surface area contributed by atoms with E-state index in [4.69, 9.17) is 0 Å². The fourth-order valence-electron chi connectivity index (χ4n) is 3.12. The lowest BCUT2D eigenvalue weighted by Gasteiger charge is -2.10. The van der Waals surface area contributed by atoms with Crippen LogP contribution in [-0.2, 0) is 4.79 Å². The van der Waals surface area contributed by atoms with Crippen molar-refractivity contribution in [1.82, 2.24) is 0 Å². The molecule has 0 heterocycles. The van der Waals surface area contributed by atoms with E-state index in [2.05, 4.69) is 6.92 Å². The van der Waals surface area contributed by atoms with Gasteiger partial charge in [-0.1, -0.05) is 90.4 Å². The Morgan fingerprint density at radius 3 is 1.52 bits per heavy atom. The van der Waals surface area contributed by atoms with Crippen molar-refractivity contribution < 1.29 is 9.90 Å². The van der Waals surface area contributed by atoms with Crippen molar-refractivity contribution in [3.05, 3.63) is 0 Å². The van der Waals surface area contributed by atoms with Crippen LogP contribution in [-0.4, -0.2) is 17.0 Å². The van der Waals surface area contributed by atoms with Gasteiger partial charge in [-0.05, 0) is 26.2 Å². The molecule has 1 atom stereocenters. The molecule has 0 fully saturated rings. The fraction of sp³-hybridized carbons (Fsp3) is 0.952. The molecule has 0 radical (unpaired) electrons. The van der Waals surface area contributed by atoms with Gasteiger partial charge in [-0.25, -0.2) is 0 Å². The maximum absolute atomic E-state index is 10.8. The maximum Gasteiger partial charge on any atom is 0.129 e. The summed E-state index contributed by atoms with van der Waals surface area (Å²) in [5.74, 6) is 0.307. The van der Waals surface area contributed by atoms with Crippen molar-refractivity contribution in [3.63, 3.8) is 0 Å². The van der Waals surface area contributed by atoms with Gasteiger partial charge in [-0.3, -0.25) is 0 Å². The van der Waals surface area contributed by atoms with Crippen molar-refractivity contribution in [3.8, 4) is 0 Å². The average Bonchev–Trinajstić information content (AvgIpc) is 2.52. The van der Waals surface area contributed by atoms with Crippen LogP contribution in [0.1, 0.15) is 123 Å². The summed E-state index contributed by atoms with van der Waals surface area (Å²) in [5.41, 5.74) is 0. The molecule has 0 amide bonds. The van der Waals surface area contributed by atoms with Crippen LogP contribution in [0.4, 0.5) is 0 Å². The van der Waals surface area contributed by atoms with Gasteiger partial charge in [0.25, 0.3) is 0 Å². The summed E-state index contributed by atoms with van der Waals surface area (Å²) in [7, 11) is 0. The number of carbonyl (C=O) groups excluding carboxylic acids is 1. The van der Waals surface area contributed by atoms with Gasteiger partial charge in [0.15, 0.2) is 0 Å². The number of unbranched alkanes of at least 4 members (excludes halogenated alkanes) is 12. The van der Waals surface area contributed by atoms with Gasteiger partial charge >= 0.3 is 0 Å². The highest BCUT2D eigenvalue weighted by Gasteiger charge is 2.03. The van der Waals surface area contributed by atoms with E-state index in [1.54, 1.807) is 6.92 Å². The number of rotatable bonds is 18. The monoisotopic (exact) mass is 326 g/mol. The molecule has 0 aliphatic carbocycles. The molecule has 0 spiro atoms. The second-order valence-electron chi connectivity index (χ2n) is 7.28. The predicted octanol–water partition coefficient (Wildman–Crippen LogP) is 6.59. The minimum absolute atomic E-state index is 0.0863. The molecule has 1 N–H and O–H groups in total. The van der Waals surface area contributed by atoms with Crippen molar-refractivity contribution >= 4 is 5.78 Å². The summed E-state index contributed by atoms with van der Waals surface area (Å²) < 4.78 is 0. The number of hydrogen-bond acceptors (Lipinski definition) is 2. The molecule has 0 aliphatic heterocycles. The minimum atomic E-state index is -0.0863. The van der Waals surface area contributed by atoms with E-state index in [1.807, 2.05) is 0 Å². The molecule has 0 aromatic rings. The van der Waals surface area contributed by atoms with E-state index in [9.17, 15) is 9.90 Å². The van der Waals surface area contributed by atoms with Gasteiger partial charge < -0.3 is 9.90 Å². The number of aliphatic hydroxyl groups excluding tert-OH is 1. The summed E-state index contributed by atoms with van der Waals surface area (Å²) in [5, 5.41) is 9.98. The highest BCUT2D eigenvalue weighted by molar-refractivity contribution is 5.75. The smallest absolute Gasteiger partial charge is 0.129 e. The third-order valence-electron chi connectivity index (χ3n) is 4.71. The summed E-state index contributed by atoms with van der Waals surface area (Å²) in [4.78, 5) is 10.8. The van der Waals surface area contributed by atoms with Crippen LogP contribution in [0, 0.1) is 0 Å². The standard InChI is InChI=1S/C21H42O2/c1-3-4-5-6-7-8-9-12-15-18-21(23)19-16-13-10-11-14-17-20(2)22/h21,23H,3-19H2,1-2H3. The zero-order valence-corrected chi connectivity index (χ0v) is 16.0. The Hall–Kier alpha value is -0.370. The molecule has 0 aliphatic rings. The Morgan fingerprint density at radius 1 is 0.696 bits per heavy atom. The van der Waals surface area contributed by atoms with E-state index in [0.29, 0.717) is 5.78 Å². The normalized spacial score (nSPS) is 12.5. The van der Waals surface area contributed by atoms with E-state index in [-0.39, 0.29) is 6.10 Å². The summed E-state index contributed by atoms with van der Waals surface area (Å²) in [6.45, 7) is 3.93. The first-order chi connectivity index (χ1) is 11.2. The number of Topliss-reactive ketones (excluding diaryl/α,β-unsaturated/α-hetero) is 1. The van der Waals surface area contributed by atoms with Crippen LogP contribution in [0.25, 0.3) is 0 Å². The van der Waals surface area contributed by atoms with Gasteiger partial charge in [0.05, 0.1) is 6.10 Å². The van der Waals surface area contributed by atoms with Gasteiger partial charge in [0.2, 0.25) is 0 Å². The SMILES string of the molecule is CCCCCCCCCCCC(O)CCCCCCCC(C)=O. The van der Waals surface area contributed by atoms with Gasteiger partial charge in [-0.2, -0.15) is 0 Å². The van der Waals surface area contributed by atoms with E-state index in [1.165, 1.54) is 70.6 Å². The van der Waals surface area contributed by atoms with Crippen molar-refractivity contribution in [2.75, 3.05) is 0 Å². The summed E-state index contributed by atoms with van der Waals surface area (Å²) in [6, 6.07) is 0. The highest BCUT2D eigenvalue weighted by Crippen LogP contribution is 2.14. The topological polar surface area (TPSA) is 37.3 Å². The highest BCUT2D eigenvalue weighted by atomic mass is 16.3. The number of carbonyl (C=O) groups is 1. The van der Waals surface area contributed by atoms with Crippen LogP contribution in [0.15, 0.2) is 0 Å². The fourth-order valence-corrected chi connectivity index (χ4v) is 3.12. The molecular weight excluding hydrogens is 284 g/mol. The molecule has 2 nitrogen and oxygen atoms in total. The number of ketones is 1. The molecule has 0 rings (SSSR count). The molecule has 2 heteroatoms. The molecule has 138 valence electrons. The largest absolute Gasteiger partial charge is 0.393 e. The second-order valence-corrected chi connectivity index (χ2v) is 7.28. The third-order valence-corrected chi connectivity index (χ3v) is 4.71. The Morgan fingerprint density at radius 2 is 1.09 bits per heavy atom. The number of hydrogen-bond donors (Lipinski definition) is 1. The Balaban J connectivity index is 3.16. The van der Waals surface area contributed by atoms with Gasteiger partial charge in [0.1, 0.15) is 5.78 Å². The van der Waals surface area contributed by atoms with Gasteiger partial charge in [-0.15, -0.1) is 0 Å².